The summed E-state index contributed by atoms with van der Waals surface area (Å²) in [5.74, 6) is 0. The van der Waals surface area contributed by atoms with Gasteiger partial charge in [0.15, 0.2) is 0 Å². The number of benzene rings is 3. The first-order valence-corrected chi connectivity index (χ1v) is 9.15. The number of hydrogen-bond donors (Lipinski definition) is 0. The van der Waals surface area contributed by atoms with Gasteiger partial charge in [-0.25, -0.2) is 4.39 Å². The maximum atomic E-state index is 13.4. The lowest BCUT2D eigenvalue weighted by Gasteiger charge is -2.21. The summed E-state index contributed by atoms with van der Waals surface area (Å²) in [4.78, 5) is 0. The molecular formula is C19H16BF5P-. The maximum absolute atomic E-state index is 13.4. The Morgan fingerprint density at radius 2 is 1.00 bits per heavy atom. The van der Waals surface area contributed by atoms with E-state index in [-0.39, 0.29) is 0 Å². The van der Waals surface area contributed by atoms with E-state index in [4.69, 9.17) is 0 Å². The molecule has 0 heterocycles. The molecule has 0 aliphatic heterocycles. The van der Waals surface area contributed by atoms with Crippen LogP contribution in [-0.4, -0.2) is 7.25 Å². The average Bonchev–Trinajstić information content (AvgIpc) is 2.63. The van der Waals surface area contributed by atoms with Gasteiger partial charge in [0.1, 0.15) is 6.67 Å². The molecule has 0 aliphatic carbocycles. The molecule has 0 bridgehead atoms. The molecule has 0 fully saturated rings. The summed E-state index contributed by atoms with van der Waals surface area (Å²) < 4.78 is 52.4. The Hall–Kier alpha value is -2.20. The minimum Gasteiger partial charge on any atom is -0.418 e. The highest BCUT2D eigenvalue weighted by molar-refractivity contribution is 7.79. The smallest absolute Gasteiger partial charge is 0.418 e. The van der Waals surface area contributed by atoms with Crippen molar-refractivity contribution in [1.29, 1.82) is 0 Å². The van der Waals surface area contributed by atoms with Gasteiger partial charge in [-0.15, -0.1) is 0 Å². The highest BCUT2D eigenvalue weighted by atomic mass is 31.1. The molecule has 0 spiro atoms. The van der Waals surface area contributed by atoms with Gasteiger partial charge in [-0.3, -0.25) is 0 Å². The van der Waals surface area contributed by atoms with Crippen LogP contribution in [0, 0.1) is 0 Å². The maximum Gasteiger partial charge on any atom is 0.673 e. The number of rotatable bonds is 4. The Morgan fingerprint density at radius 3 is 1.42 bits per heavy atom. The molecule has 0 amide bonds. The highest BCUT2D eigenvalue weighted by Crippen LogP contribution is 2.34. The van der Waals surface area contributed by atoms with Crippen molar-refractivity contribution in [2.24, 2.45) is 0 Å². The second-order valence-corrected chi connectivity index (χ2v) is 7.45. The van der Waals surface area contributed by atoms with E-state index in [1.54, 1.807) is 0 Å². The SMILES string of the molecule is FCc1ccccc1P(c1ccccc1)c1ccccc1.F[B-](F)(F)F. The van der Waals surface area contributed by atoms with Crippen LogP contribution in [0.25, 0.3) is 0 Å². The van der Waals surface area contributed by atoms with E-state index in [2.05, 4.69) is 30.3 Å². The molecule has 0 N–H and O–H groups in total. The Balaban J connectivity index is 0.000000431. The first-order chi connectivity index (χ1) is 12.4. The molecule has 136 valence electrons. The van der Waals surface area contributed by atoms with Gasteiger partial charge < -0.3 is 17.3 Å². The number of hydrogen-bond acceptors (Lipinski definition) is 0. The molecule has 0 saturated carbocycles. The molecule has 3 aromatic rings. The lowest BCUT2D eigenvalue weighted by Crippen LogP contribution is -2.22. The third-order valence-corrected chi connectivity index (χ3v) is 5.95. The van der Waals surface area contributed by atoms with Crippen LogP contribution in [0.1, 0.15) is 5.56 Å². The van der Waals surface area contributed by atoms with Gasteiger partial charge >= 0.3 is 7.25 Å². The van der Waals surface area contributed by atoms with E-state index in [0.29, 0.717) is 0 Å². The molecule has 3 rings (SSSR count). The standard InChI is InChI=1S/C19H16FP.BF4/c20-15-16-9-7-8-14-19(16)21(17-10-3-1-4-11-17)18-12-5-2-6-13-18;2-1(3,4)5/h1-14H,15H2;/q;-1. The van der Waals surface area contributed by atoms with Crippen molar-refractivity contribution in [2.75, 3.05) is 0 Å². The van der Waals surface area contributed by atoms with Crippen molar-refractivity contribution in [3.8, 4) is 0 Å². The zero-order valence-corrected chi connectivity index (χ0v) is 14.6. The lowest BCUT2D eigenvalue weighted by atomic mass is 10.2. The number of halogens is 5. The summed E-state index contributed by atoms with van der Waals surface area (Å²) in [7, 11) is -6.71. The van der Waals surface area contributed by atoms with E-state index in [1.165, 1.54) is 10.6 Å². The van der Waals surface area contributed by atoms with Crippen LogP contribution >= 0.6 is 7.92 Å². The van der Waals surface area contributed by atoms with E-state index < -0.39 is 21.9 Å². The molecule has 0 unspecified atom stereocenters. The van der Waals surface area contributed by atoms with Crippen molar-refractivity contribution in [2.45, 2.75) is 6.67 Å². The molecule has 0 radical (unpaired) electrons. The van der Waals surface area contributed by atoms with Gasteiger partial charge in [0.05, 0.1) is 0 Å². The summed E-state index contributed by atoms with van der Waals surface area (Å²) in [5.41, 5.74) is 0.788. The van der Waals surface area contributed by atoms with Crippen molar-refractivity contribution in [3.63, 3.8) is 0 Å². The van der Waals surface area contributed by atoms with Crippen LogP contribution in [0.3, 0.4) is 0 Å². The van der Waals surface area contributed by atoms with Gasteiger partial charge in [-0.05, 0) is 29.4 Å². The third kappa shape index (κ3) is 6.27. The second kappa shape index (κ2) is 9.49. The summed E-state index contributed by atoms with van der Waals surface area (Å²) in [6.07, 6.45) is 0. The predicted molar refractivity (Wildman–Crippen MR) is 100 cm³/mol. The van der Waals surface area contributed by atoms with Crippen molar-refractivity contribution < 1.29 is 21.7 Å². The predicted octanol–water partition coefficient (Wildman–Crippen LogP) is 5.21. The van der Waals surface area contributed by atoms with E-state index in [9.17, 15) is 21.7 Å². The van der Waals surface area contributed by atoms with Crippen LogP contribution in [-0.2, 0) is 6.67 Å². The largest absolute Gasteiger partial charge is 0.673 e. The Labute approximate surface area is 150 Å². The first-order valence-electron chi connectivity index (χ1n) is 7.81. The summed E-state index contributed by atoms with van der Waals surface area (Å²) in [6, 6.07) is 28.6. The van der Waals surface area contributed by atoms with Crippen molar-refractivity contribution in [1.82, 2.24) is 0 Å². The topological polar surface area (TPSA) is 0 Å². The van der Waals surface area contributed by atoms with E-state index in [0.717, 1.165) is 10.9 Å². The fraction of sp³-hybridized carbons (Fsp3) is 0.0526. The van der Waals surface area contributed by atoms with Crippen LogP contribution in [0.5, 0.6) is 0 Å². The van der Waals surface area contributed by atoms with Gasteiger partial charge in [0.2, 0.25) is 0 Å². The fourth-order valence-corrected chi connectivity index (χ4v) is 4.88. The molecular weight excluding hydrogens is 365 g/mol. The third-order valence-electron chi connectivity index (χ3n) is 3.41. The zero-order chi connectivity index (χ0) is 19.0. The quantitative estimate of drug-likeness (QED) is 0.331. The van der Waals surface area contributed by atoms with Crippen molar-refractivity contribution >= 4 is 31.1 Å². The zero-order valence-electron chi connectivity index (χ0n) is 13.7. The summed E-state index contributed by atoms with van der Waals surface area (Å²) in [5, 5.41) is 3.60. The molecule has 0 atom stereocenters. The normalized spacial score (nSPS) is 11.0. The second-order valence-electron chi connectivity index (χ2n) is 5.26. The fourth-order valence-electron chi connectivity index (χ4n) is 2.42. The first kappa shape index (κ1) is 20.1. The number of alkyl halides is 1. The molecule has 26 heavy (non-hydrogen) atoms. The lowest BCUT2D eigenvalue weighted by molar-refractivity contribution is 0.368. The van der Waals surface area contributed by atoms with Crippen LogP contribution in [0.2, 0.25) is 0 Å². The Bertz CT molecular complexity index is 748. The Kier molecular flexibility index (Phi) is 7.34. The Morgan fingerprint density at radius 1 is 0.615 bits per heavy atom. The minimum absolute atomic E-state index is 0.422. The monoisotopic (exact) mass is 381 g/mol. The minimum atomic E-state index is -6.00. The van der Waals surface area contributed by atoms with Crippen LogP contribution < -0.4 is 15.9 Å². The highest BCUT2D eigenvalue weighted by Gasteiger charge is 2.20. The molecule has 0 nitrogen and oxygen atoms in total. The van der Waals surface area contributed by atoms with E-state index >= 15 is 0 Å². The van der Waals surface area contributed by atoms with Gasteiger partial charge in [0, 0.05) is 0 Å². The van der Waals surface area contributed by atoms with Gasteiger partial charge in [-0.2, -0.15) is 0 Å². The molecule has 3 aromatic carbocycles. The van der Waals surface area contributed by atoms with E-state index in [1.807, 2.05) is 54.6 Å². The van der Waals surface area contributed by atoms with Gasteiger partial charge in [-0.1, -0.05) is 84.9 Å². The molecule has 0 saturated heterocycles. The van der Waals surface area contributed by atoms with Crippen LogP contribution in [0.4, 0.5) is 21.7 Å². The molecule has 7 heteroatoms. The van der Waals surface area contributed by atoms with Crippen LogP contribution in [0.15, 0.2) is 84.9 Å². The molecule has 0 aromatic heterocycles. The van der Waals surface area contributed by atoms with Crippen molar-refractivity contribution in [3.05, 3.63) is 90.5 Å². The summed E-state index contributed by atoms with van der Waals surface area (Å²) >= 11 is 0. The molecule has 0 aliphatic rings. The van der Waals surface area contributed by atoms with Gasteiger partial charge in [0.25, 0.3) is 0 Å². The average molecular weight is 381 g/mol. The summed E-state index contributed by atoms with van der Waals surface area (Å²) in [6.45, 7) is -0.422.